The van der Waals surface area contributed by atoms with Crippen LogP contribution in [0.3, 0.4) is 0 Å². The first-order valence-corrected chi connectivity index (χ1v) is 9.65. The van der Waals surface area contributed by atoms with Crippen LogP contribution in [0.4, 0.5) is 0 Å². The summed E-state index contributed by atoms with van der Waals surface area (Å²) in [6.45, 7) is 1.64. The third-order valence-electron chi connectivity index (χ3n) is 4.55. The number of amides is 1. The number of ether oxygens (including phenoxy) is 4. The number of aliphatic hydroxyl groups excluding tert-OH is 1. The van der Waals surface area contributed by atoms with E-state index in [1.807, 2.05) is 30.3 Å². The van der Waals surface area contributed by atoms with E-state index in [0.717, 1.165) is 16.5 Å². The van der Waals surface area contributed by atoms with E-state index in [0.29, 0.717) is 32.8 Å². The first-order chi connectivity index (χ1) is 14.2. The molecule has 0 radical (unpaired) electrons. The van der Waals surface area contributed by atoms with Gasteiger partial charge in [-0.05, 0) is 12.1 Å². The molecule has 1 aromatic carbocycles. The predicted molar refractivity (Wildman–Crippen MR) is 105 cm³/mol. The maximum absolute atomic E-state index is 12.5. The number of para-hydroxylation sites is 1. The van der Waals surface area contributed by atoms with Crippen LogP contribution < -0.4 is 5.32 Å². The number of aliphatic hydroxyl groups is 1. The molecule has 3 rings (SSSR count). The Bertz CT molecular complexity index is 816. The van der Waals surface area contributed by atoms with Crippen LogP contribution in [0.1, 0.15) is 17.9 Å². The van der Waals surface area contributed by atoms with Gasteiger partial charge in [-0.2, -0.15) is 0 Å². The minimum atomic E-state index is -0.598. The van der Waals surface area contributed by atoms with Gasteiger partial charge < -0.3 is 33.8 Å². The van der Waals surface area contributed by atoms with Gasteiger partial charge in [-0.3, -0.25) is 4.79 Å². The second-order valence-corrected chi connectivity index (χ2v) is 6.56. The summed E-state index contributed by atoms with van der Waals surface area (Å²) in [5, 5.41) is 12.5. The fraction of sp³-hybridized carbons (Fsp3) is 0.476. The highest BCUT2D eigenvalue weighted by Gasteiger charge is 2.30. The molecule has 1 aromatic heterocycles. The number of furan rings is 1. The van der Waals surface area contributed by atoms with Crippen LogP contribution in [0.5, 0.6) is 0 Å². The van der Waals surface area contributed by atoms with E-state index in [1.54, 1.807) is 13.4 Å². The van der Waals surface area contributed by atoms with Gasteiger partial charge in [-0.1, -0.05) is 18.2 Å². The summed E-state index contributed by atoms with van der Waals surface area (Å²) in [4.78, 5) is 12.5. The minimum absolute atomic E-state index is 0.0376. The molecule has 0 aliphatic carbocycles. The molecule has 2 atom stereocenters. The Hall–Kier alpha value is -2.39. The van der Waals surface area contributed by atoms with Crippen molar-refractivity contribution in [2.75, 3.05) is 46.7 Å². The zero-order valence-corrected chi connectivity index (χ0v) is 16.5. The Labute approximate surface area is 169 Å². The summed E-state index contributed by atoms with van der Waals surface area (Å²) in [5.74, 6) is -0.201. The second-order valence-electron chi connectivity index (χ2n) is 6.56. The maximum Gasteiger partial charge on any atom is 0.286 e. The van der Waals surface area contributed by atoms with Gasteiger partial charge in [0.15, 0.2) is 5.76 Å². The van der Waals surface area contributed by atoms with Gasteiger partial charge >= 0.3 is 0 Å². The molecular formula is C21H27NO7. The molecule has 2 aromatic rings. The summed E-state index contributed by atoms with van der Waals surface area (Å²) in [5.41, 5.74) is 1.78. The average molecular weight is 405 g/mol. The molecule has 0 spiro atoms. The molecule has 2 heterocycles. The van der Waals surface area contributed by atoms with Crippen LogP contribution in [-0.4, -0.2) is 64.0 Å². The topological polar surface area (TPSA) is 99.4 Å². The molecule has 29 heavy (non-hydrogen) atoms. The lowest BCUT2D eigenvalue weighted by atomic mass is 9.92. The quantitative estimate of drug-likeness (QED) is 0.551. The largest absolute Gasteiger partial charge is 0.464 e. The number of fused-ring (bicyclic) bond motifs is 1. The van der Waals surface area contributed by atoms with E-state index >= 15 is 0 Å². The van der Waals surface area contributed by atoms with E-state index in [-0.39, 0.29) is 30.8 Å². The van der Waals surface area contributed by atoms with Crippen molar-refractivity contribution in [2.24, 2.45) is 0 Å². The molecule has 8 heteroatoms. The maximum atomic E-state index is 12.5. The molecule has 0 bridgehead atoms. The third-order valence-corrected chi connectivity index (χ3v) is 4.55. The van der Waals surface area contributed by atoms with Crippen molar-refractivity contribution in [1.29, 1.82) is 0 Å². The lowest BCUT2D eigenvalue weighted by Gasteiger charge is -2.29. The monoisotopic (exact) mass is 405 g/mol. The van der Waals surface area contributed by atoms with Gasteiger partial charge in [0.2, 0.25) is 6.29 Å². The summed E-state index contributed by atoms with van der Waals surface area (Å²) in [6.07, 6.45) is 3.47. The standard InChI is InChI=1S/C21H27NO7/c1-25-8-6-22-21(24)19-12-15(13-20(29-19)27-11-10-26-9-7-23)17-14-28-18-5-3-2-4-16(17)18/h2-5,12,14-15,20,23H,6-11,13H2,1H3,(H,22,24)/t15-,20+/m0/s1. The fourth-order valence-electron chi connectivity index (χ4n) is 3.18. The van der Waals surface area contributed by atoms with E-state index in [1.165, 1.54) is 0 Å². The van der Waals surface area contributed by atoms with Gasteiger partial charge in [0.25, 0.3) is 5.91 Å². The van der Waals surface area contributed by atoms with Gasteiger partial charge in [0, 0.05) is 36.9 Å². The number of nitrogens with one attached hydrogen (secondary N) is 1. The van der Waals surface area contributed by atoms with Gasteiger partial charge in [-0.25, -0.2) is 0 Å². The lowest BCUT2D eigenvalue weighted by molar-refractivity contribution is -0.151. The van der Waals surface area contributed by atoms with Crippen molar-refractivity contribution in [1.82, 2.24) is 5.32 Å². The van der Waals surface area contributed by atoms with Gasteiger partial charge in [0.1, 0.15) is 5.58 Å². The Kier molecular flexibility index (Phi) is 8.06. The Morgan fingerprint density at radius 3 is 2.93 bits per heavy atom. The van der Waals surface area contributed by atoms with Crippen LogP contribution in [0.25, 0.3) is 11.0 Å². The van der Waals surface area contributed by atoms with Crippen molar-refractivity contribution < 1.29 is 33.3 Å². The summed E-state index contributed by atoms with van der Waals surface area (Å²) in [6, 6.07) is 7.78. The Morgan fingerprint density at radius 2 is 2.10 bits per heavy atom. The molecule has 1 aliphatic heterocycles. The Morgan fingerprint density at radius 1 is 1.24 bits per heavy atom. The van der Waals surface area contributed by atoms with Gasteiger partial charge in [-0.15, -0.1) is 0 Å². The smallest absolute Gasteiger partial charge is 0.286 e. The van der Waals surface area contributed by atoms with E-state index in [2.05, 4.69) is 5.32 Å². The van der Waals surface area contributed by atoms with Crippen molar-refractivity contribution in [3.8, 4) is 0 Å². The first kappa shape index (κ1) is 21.3. The highest BCUT2D eigenvalue weighted by Crippen LogP contribution is 2.36. The number of methoxy groups -OCH3 is 1. The van der Waals surface area contributed by atoms with E-state index in [4.69, 9.17) is 28.5 Å². The molecule has 0 fully saturated rings. The highest BCUT2D eigenvalue weighted by atomic mass is 16.7. The number of hydrogen-bond donors (Lipinski definition) is 2. The molecule has 2 N–H and O–H groups in total. The zero-order valence-electron chi connectivity index (χ0n) is 16.5. The van der Waals surface area contributed by atoms with Crippen molar-refractivity contribution in [3.63, 3.8) is 0 Å². The average Bonchev–Trinajstić information content (AvgIpc) is 3.18. The summed E-state index contributed by atoms with van der Waals surface area (Å²) < 4.78 is 27.4. The van der Waals surface area contributed by atoms with E-state index in [9.17, 15) is 4.79 Å². The summed E-state index contributed by atoms with van der Waals surface area (Å²) in [7, 11) is 1.57. The lowest BCUT2D eigenvalue weighted by Crippen LogP contribution is -2.34. The third kappa shape index (κ3) is 5.80. The highest BCUT2D eigenvalue weighted by molar-refractivity contribution is 5.92. The fourth-order valence-corrected chi connectivity index (χ4v) is 3.18. The predicted octanol–water partition coefficient (Wildman–Crippen LogP) is 1.93. The van der Waals surface area contributed by atoms with Gasteiger partial charge in [0.05, 0.1) is 39.3 Å². The molecular weight excluding hydrogens is 378 g/mol. The van der Waals surface area contributed by atoms with Crippen LogP contribution >= 0.6 is 0 Å². The number of benzene rings is 1. The zero-order chi connectivity index (χ0) is 20.5. The minimum Gasteiger partial charge on any atom is -0.464 e. The number of allylic oxidation sites excluding steroid dienone is 1. The number of carbonyl (C=O) groups excluding carboxylic acids is 1. The number of carbonyl (C=O) groups is 1. The van der Waals surface area contributed by atoms with Crippen molar-refractivity contribution in [2.45, 2.75) is 18.6 Å². The molecule has 8 nitrogen and oxygen atoms in total. The van der Waals surface area contributed by atoms with Crippen molar-refractivity contribution >= 4 is 16.9 Å². The number of rotatable bonds is 11. The first-order valence-electron chi connectivity index (χ1n) is 9.65. The molecule has 1 amide bonds. The Balaban J connectivity index is 1.73. The molecule has 1 aliphatic rings. The number of hydrogen-bond acceptors (Lipinski definition) is 7. The summed E-state index contributed by atoms with van der Waals surface area (Å²) >= 11 is 0. The molecule has 158 valence electrons. The van der Waals surface area contributed by atoms with Crippen LogP contribution in [0, 0.1) is 0 Å². The molecule has 0 unspecified atom stereocenters. The van der Waals surface area contributed by atoms with Crippen LogP contribution in [-0.2, 0) is 23.7 Å². The normalized spacial score (nSPS) is 19.0. The molecule has 0 saturated heterocycles. The van der Waals surface area contributed by atoms with Crippen LogP contribution in [0.15, 0.2) is 46.8 Å². The molecule has 0 saturated carbocycles. The van der Waals surface area contributed by atoms with E-state index < -0.39 is 6.29 Å². The van der Waals surface area contributed by atoms with Crippen LogP contribution in [0.2, 0.25) is 0 Å². The SMILES string of the molecule is COCCNC(=O)C1=C[C@H](c2coc3ccccc23)C[C@H](OCCOCCO)O1. The second kappa shape index (κ2) is 11.0. The van der Waals surface area contributed by atoms with Crippen molar-refractivity contribution in [3.05, 3.63) is 47.9 Å².